The number of hydrogen-bond donors (Lipinski definition) is 2. The Morgan fingerprint density at radius 2 is 2.00 bits per heavy atom. The normalized spacial score (nSPS) is 10.9. The zero-order valence-electron chi connectivity index (χ0n) is 19.8. The number of aryl methyl sites for hydroxylation is 2. The number of carbonyl (C=O) groups excluding carboxylic acids is 1. The fourth-order valence-corrected chi connectivity index (χ4v) is 3.42. The third kappa shape index (κ3) is 4.93. The molecule has 10 nitrogen and oxygen atoms in total. The first-order chi connectivity index (χ1) is 16.8. The van der Waals surface area contributed by atoms with Gasteiger partial charge >= 0.3 is 0 Å². The number of anilines is 2. The number of methoxy groups -OCH3 is 1. The summed E-state index contributed by atoms with van der Waals surface area (Å²) < 4.78 is 31.7. The molecule has 0 aliphatic rings. The Bertz CT molecular complexity index is 1380. The molecule has 0 unspecified atom stereocenters. The number of aromatic nitrogens is 4. The fourth-order valence-electron chi connectivity index (χ4n) is 3.42. The number of nitrogens with zero attached hydrogens (tertiary/aromatic N) is 4. The maximum absolute atomic E-state index is 13.5. The molecule has 4 rings (SSSR count). The van der Waals surface area contributed by atoms with Gasteiger partial charge < -0.3 is 24.9 Å². The molecule has 11 heteroatoms. The molecule has 1 amide bonds. The number of nitrogens with one attached hydrogen (secondary N) is 1. The number of nitrogen functional groups attached to an aromatic ring is 1. The van der Waals surface area contributed by atoms with Crippen molar-refractivity contribution in [2.75, 3.05) is 24.8 Å². The van der Waals surface area contributed by atoms with Crippen molar-refractivity contribution < 1.29 is 23.1 Å². The molecule has 35 heavy (non-hydrogen) atoms. The molecule has 0 fully saturated rings. The average molecular weight is 481 g/mol. The number of amides is 1. The van der Waals surface area contributed by atoms with E-state index in [9.17, 15) is 9.18 Å². The van der Waals surface area contributed by atoms with Gasteiger partial charge in [0, 0.05) is 11.3 Å². The lowest BCUT2D eigenvalue weighted by atomic mass is 10.2. The van der Waals surface area contributed by atoms with Crippen LogP contribution in [0.5, 0.6) is 11.5 Å². The summed E-state index contributed by atoms with van der Waals surface area (Å²) in [4.78, 5) is 17.2. The van der Waals surface area contributed by atoms with Crippen LogP contribution in [-0.2, 0) is 6.54 Å². The molecule has 0 atom stereocenters. The summed E-state index contributed by atoms with van der Waals surface area (Å²) in [6.45, 7) is 6.06. The second-order valence-electron chi connectivity index (χ2n) is 7.71. The Hall–Kier alpha value is -4.41. The van der Waals surface area contributed by atoms with Gasteiger partial charge in [0.25, 0.3) is 5.91 Å². The number of hydrogen-bond acceptors (Lipinski definition) is 8. The van der Waals surface area contributed by atoms with Gasteiger partial charge in [0.2, 0.25) is 5.89 Å². The summed E-state index contributed by atoms with van der Waals surface area (Å²) in [7, 11) is 1.56. The molecule has 0 spiro atoms. The Morgan fingerprint density at radius 3 is 2.74 bits per heavy atom. The van der Waals surface area contributed by atoms with Crippen molar-refractivity contribution in [3.8, 4) is 23.0 Å². The Labute approximate surface area is 200 Å². The number of halogens is 1. The minimum atomic E-state index is -0.596. The highest BCUT2D eigenvalue weighted by Crippen LogP contribution is 2.33. The van der Waals surface area contributed by atoms with Gasteiger partial charge in [-0.15, -0.1) is 5.10 Å². The maximum Gasteiger partial charge on any atom is 0.280 e. The molecule has 2 heterocycles. The molecule has 0 saturated heterocycles. The molecule has 0 bridgehead atoms. The van der Waals surface area contributed by atoms with Gasteiger partial charge in [-0.2, -0.15) is 0 Å². The minimum Gasteiger partial charge on any atom is -0.493 e. The van der Waals surface area contributed by atoms with Crippen LogP contribution in [0.3, 0.4) is 0 Å². The van der Waals surface area contributed by atoms with Crippen molar-refractivity contribution in [3.63, 3.8) is 0 Å². The standard InChI is InChI=1S/C24H25FN6O4/c1-5-34-19-9-7-15(10-20(19)33-4)24-28-18(14(3)35-24)12-31-22(26)21(29-30-31)23(32)27-17-11-16(25)8-6-13(17)2/h6-11H,5,12,26H2,1-4H3,(H,27,32). The minimum absolute atomic E-state index is 0.0447. The van der Waals surface area contributed by atoms with Crippen molar-refractivity contribution in [1.29, 1.82) is 0 Å². The van der Waals surface area contributed by atoms with E-state index >= 15 is 0 Å². The highest BCUT2D eigenvalue weighted by atomic mass is 19.1. The van der Waals surface area contributed by atoms with Crippen LogP contribution in [0.1, 0.15) is 34.4 Å². The SMILES string of the molecule is CCOc1ccc(-c2nc(Cn3nnc(C(=O)Nc4cc(F)ccc4C)c3N)c(C)o2)cc1OC. The van der Waals surface area contributed by atoms with Crippen LogP contribution < -0.4 is 20.5 Å². The second kappa shape index (κ2) is 9.84. The molecule has 4 aromatic rings. The fraction of sp³-hybridized carbons (Fsp3) is 0.250. The molecular weight excluding hydrogens is 455 g/mol. The predicted molar refractivity (Wildman–Crippen MR) is 127 cm³/mol. The number of rotatable bonds is 8. The van der Waals surface area contributed by atoms with Crippen LogP contribution in [0.25, 0.3) is 11.5 Å². The average Bonchev–Trinajstić information content (AvgIpc) is 3.39. The smallest absolute Gasteiger partial charge is 0.280 e. The van der Waals surface area contributed by atoms with E-state index in [-0.39, 0.29) is 18.1 Å². The molecule has 0 radical (unpaired) electrons. The van der Waals surface area contributed by atoms with Gasteiger partial charge in [0.05, 0.1) is 20.3 Å². The van der Waals surface area contributed by atoms with Gasteiger partial charge in [-0.05, 0) is 56.7 Å². The molecule has 2 aromatic carbocycles. The van der Waals surface area contributed by atoms with Crippen molar-refractivity contribution >= 4 is 17.4 Å². The Balaban J connectivity index is 1.54. The quantitative estimate of drug-likeness (QED) is 0.387. The van der Waals surface area contributed by atoms with E-state index in [1.807, 2.05) is 13.0 Å². The van der Waals surface area contributed by atoms with E-state index in [1.54, 1.807) is 39.2 Å². The summed E-state index contributed by atoms with van der Waals surface area (Å²) >= 11 is 0. The van der Waals surface area contributed by atoms with Gasteiger partial charge in [0.15, 0.2) is 23.0 Å². The maximum atomic E-state index is 13.5. The van der Waals surface area contributed by atoms with Crippen LogP contribution >= 0.6 is 0 Å². The summed E-state index contributed by atoms with van der Waals surface area (Å²) in [5, 5.41) is 10.5. The lowest BCUT2D eigenvalue weighted by molar-refractivity contribution is 0.102. The van der Waals surface area contributed by atoms with Gasteiger partial charge in [0.1, 0.15) is 17.3 Å². The molecule has 0 aliphatic heterocycles. The number of oxazole rings is 1. The molecular formula is C24H25FN6O4. The number of ether oxygens (including phenoxy) is 2. The first-order valence-electron chi connectivity index (χ1n) is 10.8. The monoisotopic (exact) mass is 480 g/mol. The van der Waals surface area contributed by atoms with Crippen molar-refractivity contribution in [2.24, 2.45) is 0 Å². The number of nitrogens with two attached hydrogens (primary N) is 1. The van der Waals surface area contributed by atoms with Crippen LogP contribution in [0.4, 0.5) is 15.9 Å². The number of carbonyl (C=O) groups is 1. The van der Waals surface area contributed by atoms with E-state index in [4.69, 9.17) is 19.6 Å². The topological polar surface area (TPSA) is 130 Å². The summed E-state index contributed by atoms with van der Waals surface area (Å²) in [6.07, 6.45) is 0. The highest BCUT2D eigenvalue weighted by molar-refractivity contribution is 6.06. The largest absolute Gasteiger partial charge is 0.493 e. The van der Waals surface area contributed by atoms with Crippen LogP contribution in [0.15, 0.2) is 40.8 Å². The van der Waals surface area contributed by atoms with Gasteiger partial charge in [-0.3, -0.25) is 4.79 Å². The number of benzene rings is 2. The third-order valence-corrected chi connectivity index (χ3v) is 5.34. The molecule has 0 aliphatic carbocycles. The van der Waals surface area contributed by atoms with E-state index in [1.165, 1.54) is 16.8 Å². The van der Waals surface area contributed by atoms with Gasteiger partial charge in [-0.1, -0.05) is 11.3 Å². The van der Waals surface area contributed by atoms with Gasteiger partial charge in [-0.25, -0.2) is 14.1 Å². The second-order valence-corrected chi connectivity index (χ2v) is 7.71. The van der Waals surface area contributed by atoms with Crippen LogP contribution in [-0.4, -0.2) is 39.6 Å². The highest BCUT2D eigenvalue weighted by Gasteiger charge is 2.21. The predicted octanol–water partition coefficient (Wildman–Crippen LogP) is 3.98. The summed E-state index contributed by atoms with van der Waals surface area (Å²) in [5.74, 6) is 1.11. The molecule has 3 N–H and O–H groups in total. The summed E-state index contributed by atoms with van der Waals surface area (Å²) in [6, 6.07) is 9.50. The molecule has 2 aromatic heterocycles. The van der Waals surface area contributed by atoms with E-state index in [0.29, 0.717) is 52.3 Å². The Kier molecular flexibility index (Phi) is 6.67. The van der Waals surface area contributed by atoms with Crippen LogP contribution in [0.2, 0.25) is 0 Å². The van der Waals surface area contributed by atoms with E-state index < -0.39 is 11.7 Å². The molecule has 0 saturated carbocycles. The van der Waals surface area contributed by atoms with Crippen LogP contribution in [0, 0.1) is 19.7 Å². The first kappa shape index (κ1) is 23.7. The van der Waals surface area contributed by atoms with E-state index in [2.05, 4.69) is 20.6 Å². The first-order valence-corrected chi connectivity index (χ1v) is 10.8. The lowest BCUT2D eigenvalue weighted by Crippen LogP contribution is -2.16. The van der Waals surface area contributed by atoms with Crippen molar-refractivity contribution in [2.45, 2.75) is 27.3 Å². The van der Waals surface area contributed by atoms with Crippen molar-refractivity contribution in [1.82, 2.24) is 20.0 Å². The summed E-state index contributed by atoms with van der Waals surface area (Å²) in [5.41, 5.74) is 8.36. The third-order valence-electron chi connectivity index (χ3n) is 5.34. The van der Waals surface area contributed by atoms with E-state index in [0.717, 1.165) is 0 Å². The zero-order chi connectivity index (χ0) is 25.1. The Morgan fingerprint density at radius 1 is 1.20 bits per heavy atom. The van der Waals surface area contributed by atoms with Crippen molar-refractivity contribution in [3.05, 3.63) is 64.9 Å². The molecule has 182 valence electrons. The zero-order valence-corrected chi connectivity index (χ0v) is 19.8. The lowest BCUT2D eigenvalue weighted by Gasteiger charge is -2.09.